The molecule has 0 fully saturated rings. The maximum absolute atomic E-state index is 11.9. The molecule has 0 saturated heterocycles. The molecular formula is C13H18ClNO2. The summed E-state index contributed by atoms with van der Waals surface area (Å²) in [6.07, 6.45) is 0. The average Bonchev–Trinajstić information content (AvgIpc) is 2.31. The van der Waals surface area contributed by atoms with Gasteiger partial charge in [0.05, 0.1) is 0 Å². The Morgan fingerprint density at radius 2 is 2.12 bits per heavy atom. The monoisotopic (exact) mass is 255 g/mol. The summed E-state index contributed by atoms with van der Waals surface area (Å²) in [7, 11) is 0. The van der Waals surface area contributed by atoms with Crippen molar-refractivity contribution in [2.45, 2.75) is 26.8 Å². The topological polar surface area (TPSA) is 49.3 Å². The fourth-order valence-corrected chi connectivity index (χ4v) is 1.63. The van der Waals surface area contributed by atoms with Gasteiger partial charge in [0.15, 0.2) is 0 Å². The molecule has 0 saturated carbocycles. The van der Waals surface area contributed by atoms with Crippen molar-refractivity contribution in [2.75, 3.05) is 5.88 Å². The standard InChI is InChI=1S/C13H18ClNO2/c1-8-6-11(4-5-12(8)16)13(17)15-10(3)9(2)7-14/h4-6,9-10,16H,7H2,1-3H3,(H,15,17). The normalized spacial score (nSPS) is 14.1. The van der Waals surface area contributed by atoms with Crippen LogP contribution < -0.4 is 5.32 Å². The van der Waals surface area contributed by atoms with Crippen molar-refractivity contribution >= 4 is 17.5 Å². The molecule has 1 amide bonds. The lowest BCUT2D eigenvalue weighted by Crippen LogP contribution is -2.37. The highest BCUT2D eigenvalue weighted by molar-refractivity contribution is 6.18. The number of phenolic OH excluding ortho intramolecular Hbond substituents is 1. The van der Waals surface area contributed by atoms with E-state index in [1.807, 2.05) is 13.8 Å². The Morgan fingerprint density at radius 1 is 1.47 bits per heavy atom. The van der Waals surface area contributed by atoms with Crippen LogP contribution in [0.3, 0.4) is 0 Å². The minimum Gasteiger partial charge on any atom is -0.508 e. The third-order valence-electron chi connectivity index (χ3n) is 2.91. The van der Waals surface area contributed by atoms with E-state index in [2.05, 4.69) is 5.32 Å². The van der Waals surface area contributed by atoms with E-state index < -0.39 is 0 Å². The van der Waals surface area contributed by atoms with Crippen LogP contribution in [-0.2, 0) is 0 Å². The summed E-state index contributed by atoms with van der Waals surface area (Å²) in [6.45, 7) is 5.68. The molecule has 0 aliphatic heterocycles. The molecule has 0 heterocycles. The molecule has 17 heavy (non-hydrogen) atoms. The lowest BCUT2D eigenvalue weighted by atomic mass is 10.0. The van der Waals surface area contributed by atoms with Gasteiger partial charge in [0.2, 0.25) is 0 Å². The Morgan fingerprint density at radius 3 is 2.65 bits per heavy atom. The second kappa shape index (κ2) is 5.92. The van der Waals surface area contributed by atoms with Gasteiger partial charge in [0, 0.05) is 17.5 Å². The maximum Gasteiger partial charge on any atom is 0.251 e. The first-order chi connectivity index (χ1) is 7.95. The summed E-state index contributed by atoms with van der Waals surface area (Å²) in [5.41, 5.74) is 1.24. The van der Waals surface area contributed by atoms with Gasteiger partial charge in [0.1, 0.15) is 5.75 Å². The second-order valence-electron chi connectivity index (χ2n) is 4.39. The number of alkyl halides is 1. The number of benzene rings is 1. The van der Waals surface area contributed by atoms with Crippen LogP contribution in [0, 0.1) is 12.8 Å². The number of amides is 1. The first-order valence-corrected chi connectivity index (χ1v) is 6.15. The van der Waals surface area contributed by atoms with Crippen molar-refractivity contribution in [3.8, 4) is 5.75 Å². The third kappa shape index (κ3) is 3.63. The van der Waals surface area contributed by atoms with Crippen LogP contribution in [0.1, 0.15) is 29.8 Å². The highest BCUT2D eigenvalue weighted by atomic mass is 35.5. The van der Waals surface area contributed by atoms with Gasteiger partial charge in [-0.1, -0.05) is 6.92 Å². The maximum atomic E-state index is 11.9. The number of rotatable bonds is 4. The molecule has 0 aliphatic carbocycles. The van der Waals surface area contributed by atoms with Crippen LogP contribution in [-0.4, -0.2) is 22.9 Å². The van der Waals surface area contributed by atoms with E-state index in [0.717, 1.165) is 0 Å². The van der Waals surface area contributed by atoms with E-state index in [9.17, 15) is 9.90 Å². The average molecular weight is 256 g/mol. The largest absolute Gasteiger partial charge is 0.508 e. The molecular weight excluding hydrogens is 238 g/mol. The van der Waals surface area contributed by atoms with Gasteiger partial charge in [-0.2, -0.15) is 0 Å². The predicted octanol–water partition coefficient (Wildman–Crippen LogP) is 2.69. The number of aryl methyl sites for hydroxylation is 1. The lowest BCUT2D eigenvalue weighted by Gasteiger charge is -2.19. The second-order valence-corrected chi connectivity index (χ2v) is 4.70. The number of carbonyl (C=O) groups excluding carboxylic acids is 1. The summed E-state index contributed by atoms with van der Waals surface area (Å²) in [6, 6.07) is 4.83. The molecule has 0 spiro atoms. The van der Waals surface area contributed by atoms with Crippen molar-refractivity contribution in [2.24, 2.45) is 5.92 Å². The van der Waals surface area contributed by atoms with E-state index in [4.69, 9.17) is 11.6 Å². The lowest BCUT2D eigenvalue weighted by molar-refractivity contribution is 0.0931. The van der Waals surface area contributed by atoms with E-state index in [0.29, 0.717) is 17.0 Å². The van der Waals surface area contributed by atoms with E-state index in [-0.39, 0.29) is 23.6 Å². The van der Waals surface area contributed by atoms with Crippen molar-refractivity contribution in [3.63, 3.8) is 0 Å². The molecule has 0 bridgehead atoms. The molecule has 4 heteroatoms. The third-order valence-corrected chi connectivity index (χ3v) is 3.40. The molecule has 0 aliphatic rings. The van der Waals surface area contributed by atoms with E-state index in [1.165, 1.54) is 6.07 Å². The van der Waals surface area contributed by atoms with Gasteiger partial charge in [-0.05, 0) is 43.5 Å². The van der Waals surface area contributed by atoms with Gasteiger partial charge in [-0.15, -0.1) is 11.6 Å². The van der Waals surface area contributed by atoms with Crippen LogP contribution in [0.2, 0.25) is 0 Å². The number of aromatic hydroxyl groups is 1. The van der Waals surface area contributed by atoms with Crippen molar-refractivity contribution in [1.82, 2.24) is 5.32 Å². The summed E-state index contributed by atoms with van der Waals surface area (Å²) in [5.74, 6) is 0.788. The molecule has 2 atom stereocenters. The van der Waals surface area contributed by atoms with E-state index in [1.54, 1.807) is 19.1 Å². The number of nitrogens with one attached hydrogen (secondary N) is 1. The molecule has 2 unspecified atom stereocenters. The van der Waals surface area contributed by atoms with Crippen LogP contribution in [0.25, 0.3) is 0 Å². The summed E-state index contributed by atoms with van der Waals surface area (Å²) < 4.78 is 0. The number of halogens is 1. The Hall–Kier alpha value is -1.22. The van der Waals surface area contributed by atoms with Gasteiger partial charge >= 0.3 is 0 Å². The summed E-state index contributed by atoms with van der Waals surface area (Å²) in [4.78, 5) is 11.9. The smallest absolute Gasteiger partial charge is 0.251 e. The molecule has 3 nitrogen and oxygen atoms in total. The van der Waals surface area contributed by atoms with Crippen LogP contribution in [0.5, 0.6) is 5.75 Å². The van der Waals surface area contributed by atoms with E-state index >= 15 is 0 Å². The zero-order valence-corrected chi connectivity index (χ0v) is 11.1. The fourth-order valence-electron chi connectivity index (χ4n) is 1.36. The Labute approximate surface area is 107 Å². The quantitative estimate of drug-likeness (QED) is 0.813. The zero-order chi connectivity index (χ0) is 13.0. The molecule has 1 rings (SSSR count). The highest BCUT2D eigenvalue weighted by Crippen LogP contribution is 2.17. The minimum absolute atomic E-state index is 0.0223. The molecule has 94 valence electrons. The van der Waals surface area contributed by atoms with Gasteiger partial charge in [-0.25, -0.2) is 0 Å². The van der Waals surface area contributed by atoms with Crippen LogP contribution in [0.4, 0.5) is 0 Å². The summed E-state index contributed by atoms with van der Waals surface area (Å²) in [5, 5.41) is 12.3. The zero-order valence-electron chi connectivity index (χ0n) is 10.3. The van der Waals surface area contributed by atoms with Gasteiger partial charge in [0.25, 0.3) is 5.91 Å². The molecule has 1 aromatic rings. The Kier molecular flexibility index (Phi) is 4.82. The van der Waals surface area contributed by atoms with Crippen LogP contribution in [0.15, 0.2) is 18.2 Å². The van der Waals surface area contributed by atoms with Crippen LogP contribution >= 0.6 is 11.6 Å². The van der Waals surface area contributed by atoms with Crippen molar-refractivity contribution in [1.29, 1.82) is 0 Å². The Balaban J connectivity index is 2.73. The molecule has 0 radical (unpaired) electrons. The fraction of sp³-hybridized carbons (Fsp3) is 0.462. The molecule has 1 aromatic carbocycles. The van der Waals surface area contributed by atoms with Crippen molar-refractivity contribution < 1.29 is 9.90 Å². The predicted molar refractivity (Wildman–Crippen MR) is 69.7 cm³/mol. The first-order valence-electron chi connectivity index (χ1n) is 5.62. The minimum atomic E-state index is -0.141. The van der Waals surface area contributed by atoms with Gasteiger partial charge < -0.3 is 10.4 Å². The Bertz CT molecular complexity index is 406. The highest BCUT2D eigenvalue weighted by Gasteiger charge is 2.15. The van der Waals surface area contributed by atoms with Crippen molar-refractivity contribution in [3.05, 3.63) is 29.3 Å². The SMILES string of the molecule is Cc1cc(C(=O)NC(C)C(C)CCl)ccc1O. The molecule has 0 aromatic heterocycles. The van der Waals surface area contributed by atoms with Gasteiger partial charge in [-0.3, -0.25) is 4.79 Å². The number of carbonyl (C=O) groups is 1. The number of phenols is 1. The number of hydrogen-bond donors (Lipinski definition) is 2. The number of hydrogen-bond acceptors (Lipinski definition) is 2. The first kappa shape index (κ1) is 13.8. The molecule has 2 N–H and O–H groups in total. The summed E-state index contributed by atoms with van der Waals surface area (Å²) >= 11 is 5.74.